The first-order valence-corrected chi connectivity index (χ1v) is 6.80. The molecule has 2 aromatic carbocycles. The normalized spacial score (nSPS) is 9.71. The zero-order valence-electron chi connectivity index (χ0n) is 11.3. The van der Waals surface area contributed by atoms with E-state index in [2.05, 4.69) is 16.7 Å². The highest BCUT2D eigenvalue weighted by Gasteiger charge is 2.02. The number of carbonyl (C=O) groups excluding carboxylic acids is 1. The van der Waals surface area contributed by atoms with Crippen LogP contribution in [0.25, 0.3) is 0 Å². The van der Waals surface area contributed by atoms with Gasteiger partial charge in [-0.2, -0.15) is 5.26 Å². The van der Waals surface area contributed by atoms with Gasteiger partial charge < -0.3 is 10.6 Å². The number of anilines is 1. The van der Waals surface area contributed by atoms with Crippen molar-refractivity contribution in [3.05, 3.63) is 64.7 Å². The summed E-state index contributed by atoms with van der Waals surface area (Å²) in [7, 11) is 0. The third kappa shape index (κ3) is 4.83. The smallest absolute Gasteiger partial charge is 0.239 e. The highest BCUT2D eigenvalue weighted by atomic mass is 35.5. The Morgan fingerprint density at radius 3 is 2.67 bits per heavy atom. The van der Waals surface area contributed by atoms with E-state index in [9.17, 15) is 4.79 Å². The van der Waals surface area contributed by atoms with Crippen molar-refractivity contribution >= 4 is 23.2 Å². The quantitative estimate of drug-likeness (QED) is 0.892. The van der Waals surface area contributed by atoms with Gasteiger partial charge in [0.1, 0.15) is 0 Å². The maximum atomic E-state index is 11.7. The van der Waals surface area contributed by atoms with Gasteiger partial charge in [0.05, 0.1) is 18.2 Å². The van der Waals surface area contributed by atoms with Gasteiger partial charge in [-0.3, -0.25) is 4.79 Å². The Morgan fingerprint density at radius 1 is 1.19 bits per heavy atom. The molecule has 21 heavy (non-hydrogen) atoms. The van der Waals surface area contributed by atoms with E-state index in [0.29, 0.717) is 17.1 Å². The molecular formula is C16H14ClN3O. The van der Waals surface area contributed by atoms with E-state index in [1.807, 2.05) is 18.2 Å². The molecule has 0 aliphatic heterocycles. The third-order valence-corrected chi connectivity index (χ3v) is 3.10. The molecule has 0 heterocycles. The van der Waals surface area contributed by atoms with Crippen LogP contribution in [0.2, 0.25) is 5.02 Å². The average molecular weight is 300 g/mol. The highest BCUT2D eigenvalue weighted by molar-refractivity contribution is 6.30. The fourth-order valence-corrected chi connectivity index (χ4v) is 1.87. The Hall–Kier alpha value is -2.51. The summed E-state index contributed by atoms with van der Waals surface area (Å²) in [4.78, 5) is 11.7. The Labute approximate surface area is 128 Å². The summed E-state index contributed by atoms with van der Waals surface area (Å²) in [6.45, 7) is 0.610. The lowest BCUT2D eigenvalue weighted by molar-refractivity contribution is -0.119. The highest BCUT2D eigenvalue weighted by Crippen LogP contribution is 2.10. The molecule has 0 aliphatic carbocycles. The number of hydrogen-bond donors (Lipinski definition) is 2. The SMILES string of the molecule is N#Cc1cccc(NCC(=O)NCc2ccc(Cl)cc2)c1. The number of nitriles is 1. The van der Waals surface area contributed by atoms with Crippen molar-refractivity contribution in [3.8, 4) is 6.07 Å². The summed E-state index contributed by atoms with van der Waals surface area (Å²) < 4.78 is 0. The first-order valence-electron chi connectivity index (χ1n) is 6.42. The van der Waals surface area contributed by atoms with Crippen LogP contribution < -0.4 is 10.6 Å². The second kappa shape index (κ2) is 7.32. The maximum Gasteiger partial charge on any atom is 0.239 e. The molecule has 0 fully saturated rings. The largest absolute Gasteiger partial charge is 0.376 e. The number of rotatable bonds is 5. The summed E-state index contributed by atoms with van der Waals surface area (Å²) in [6.07, 6.45) is 0. The van der Waals surface area contributed by atoms with Crippen molar-refractivity contribution in [1.29, 1.82) is 5.26 Å². The predicted molar refractivity (Wildman–Crippen MR) is 82.9 cm³/mol. The molecule has 0 radical (unpaired) electrons. The molecule has 0 atom stereocenters. The van der Waals surface area contributed by atoms with Crippen LogP contribution in [0.1, 0.15) is 11.1 Å². The molecule has 106 valence electrons. The van der Waals surface area contributed by atoms with E-state index in [0.717, 1.165) is 11.3 Å². The van der Waals surface area contributed by atoms with Gasteiger partial charge >= 0.3 is 0 Å². The summed E-state index contributed by atoms with van der Waals surface area (Å²) in [5.41, 5.74) is 2.29. The molecular weight excluding hydrogens is 286 g/mol. The minimum absolute atomic E-state index is 0.118. The Balaban J connectivity index is 1.79. The van der Waals surface area contributed by atoms with Crippen LogP contribution in [-0.2, 0) is 11.3 Å². The minimum Gasteiger partial charge on any atom is -0.376 e. The van der Waals surface area contributed by atoms with Crippen molar-refractivity contribution < 1.29 is 4.79 Å². The summed E-state index contributed by atoms with van der Waals surface area (Å²) in [5, 5.41) is 15.3. The summed E-state index contributed by atoms with van der Waals surface area (Å²) in [6, 6.07) is 16.4. The molecule has 4 nitrogen and oxygen atoms in total. The molecule has 2 rings (SSSR count). The molecule has 5 heteroatoms. The van der Waals surface area contributed by atoms with Crippen LogP contribution in [-0.4, -0.2) is 12.5 Å². The van der Waals surface area contributed by atoms with E-state index in [1.165, 1.54) is 0 Å². The monoisotopic (exact) mass is 299 g/mol. The van der Waals surface area contributed by atoms with Gasteiger partial charge in [0, 0.05) is 17.3 Å². The number of hydrogen-bond acceptors (Lipinski definition) is 3. The molecule has 0 unspecified atom stereocenters. The number of halogens is 1. The van der Waals surface area contributed by atoms with Crippen molar-refractivity contribution in [2.45, 2.75) is 6.54 Å². The first kappa shape index (κ1) is 14.9. The maximum absolute atomic E-state index is 11.7. The fraction of sp³-hybridized carbons (Fsp3) is 0.125. The van der Waals surface area contributed by atoms with Crippen LogP contribution in [0, 0.1) is 11.3 Å². The molecule has 0 aliphatic rings. The second-order valence-corrected chi connectivity index (χ2v) is 4.89. The molecule has 2 aromatic rings. The predicted octanol–water partition coefficient (Wildman–Crippen LogP) is 2.94. The zero-order valence-corrected chi connectivity index (χ0v) is 12.0. The van der Waals surface area contributed by atoms with Gasteiger partial charge in [-0.05, 0) is 35.9 Å². The lowest BCUT2D eigenvalue weighted by Crippen LogP contribution is -2.29. The van der Waals surface area contributed by atoms with E-state index in [-0.39, 0.29) is 12.5 Å². The van der Waals surface area contributed by atoms with Gasteiger partial charge in [0.2, 0.25) is 5.91 Å². The average Bonchev–Trinajstić information content (AvgIpc) is 2.52. The Kier molecular flexibility index (Phi) is 5.19. The molecule has 0 bridgehead atoms. The summed E-state index contributed by atoms with van der Waals surface area (Å²) in [5.74, 6) is -0.118. The number of carbonyl (C=O) groups is 1. The molecule has 0 saturated carbocycles. The lowest BCUT2D eigenvalue weighted by Gasteiger charge is -2.08. The number of benzene rings is 2. The molecule has 0 saturated heterocycles. The van der Waals surface area contributed by atoms with E-state index in [1.54, 1.807) is 30.3 Å². The Bertz CT molecular complexity index is 662. The number of nitrogens with zero attached hydrogens (tertiary/aromatic N) is 1. The summed E-state index contributed by atoms with van der Waals surface area (Å²) >= 11 is 5.80. The Morgan fingerprint density at radius 2 is 1.95 bits per heavy atom. The van der Waals surface area contributed by atoms with Gasteiger partial charge in [-0.25, -0.2) is 0 Å². The standard InChI is InChI=1S/C16H14ClN3O/c17-14-6-4-12(5-7-14)10-20-16(21)11-19-15-3-1-2-13(8-15)9-18/h1-8,19H,10-11H2,(H,20,21). The van der Waals surface area contributed by atoms with Crippen LogP contribution in [0.4, 0.5) is 5.69 Å². The lowest BCUT2D eigenvalue weighted by atomic mass is 10.2. The van der Waals surface area contributed by atoms with Gasteiger partial charge in [-0.1, -0.05) is 29.8 Å². The second-order valence-electron chi connectivity index (χ2n) is 4.45. The molecule has 2 N–H and O–H groups in total. The molecule has 1 amide bonds. The van der Waals surface area contributed by atoms with Crippen molar-refractivity contribution in [2.24, 2.45) is 0 Å². The van der Waals surface area contributed by atoms with Crippen molar-refractivity contribution in [1.82, 2.24) is 5.32 Å². The molecule has 0 spiro atoms. The van der Waals surface area contributed by atoms with E-state index < -0.39 is 0 Å². The topological polar surface area (TPSA) is 64.9 Å². The van der Waals surface area contributed by atoms with Gasteiger partial charge in [-0.15, -0.1) is 0 Å². The van der Waals surface area contributed by atoms with Crippen LogP contribution in [0.15, 0.2) is 48.5 Å². The van der Waals surface area contributed by atoms with E-state index in [4.69, 9.17) is 16.9 Å². The van der Waals surface area contributed by atoms with Crippen LogP contribution >= 0.6 is 11.6 Å². The van der Waals surface area contributed by atoms with E-state index >= 15 is 0 Å². The third-order valence-electron chi connectivity index (χ3n) is 2.85. The van der Waals surface area contributed by atoms with Crippen LogP contribution in [0.3, 0.4) is 0 Å². The van der Waals surface area contributed by atoms with Crippen molar-refractivity contribution in [3.63, 3.8) is 0 Å². The fourth-order valence-electron chi connectivity index (χ4n) is 1.75. The number of nitrogens with one attached hydrogen (secondary N) is 2. The van der Waals surface area contributed by atoms with Crippen LogP contribution in [0.5, 0.6) is 0 Å². The zero-order chi connectivity index (χ0) is 15.1. The van der Waals surface area contributed by atoms with Gasteiger partial charge in [0.25, 0.3) is 0 Å². The first-order chi connectivity index (χ1) is 10.2. The minimum atomic E-state index is -0.118. The number of amides is 1. The van der Waals surface area contributed by atoms with Crippen molar-refractivity contribution in [2.75, 3.05) is 11.9 Å². The van der Waals surface area contributed by atoms with Gasteiger partial charge in [0.15, 0.2) is 0 Å². The molecule has 0 aromatic heterocycles.